The summed E-state index contributed by atoms with van der Waals surface area (Å²) in [5, 5.41) is 0. The van der Waals surface area contributed by atoms with Gasteiger partial charge < -0.3 is 14.2 Å². The normalized spacial score (nSPS) is 43.8. The Bertz CT molecular complexity index is 829. The Labute approximate surface area is 190 Å². The second kappa shape index (κ2) is 8.39. The summed E-state index contributed by atoms with van der Waals surface area (Å²) >= 11 is 0. The van der Waals surface area contributed by atoms with Crippen molar-refractivity contribution in [3.05, 3.63) is 35.9 Å². The first-order chi connectivity index (χ1) is 15.4. The van der Waals surface area contributed by atoms with Gasteiger partial charge in [-0.1, -0.05) is 44.2 Å². The lowest BCUT2D eigenvalue weighted by Gasteiger charge is -2.61. The molecule has 5 fully saturated rings. The molecule has 4 aliphatic heterocycles. The first kappa shape index (κ1) is 22.3. The van der Waals surface area contributed by atoms with E-state index in [0.29, 0.717) is 18.4 Å². The summed E-state index contributed by atoms with van der Waals surface area (Å²) in [5.74, 6) is 0.171. The maximum Gasteiger partial charge on any atom is 0.306 e. The van der Waals surface area contributed by atoms with Crippen molar-refractivity contribution in [1.29, 1.82) is 0 Å². The van der Waals surface area contributed by atoms with E-state index >= 15 is 0 Å². The van der Waals surface area contributed by atoms with Gasteiger partial charge in [0.05, 0.1) is 19.1 Å². The number of benzene rings is 1. The number of ether oxygens (including phenoxy) is 3. The van der Waals surface area contributed by atoms with Crippen molar-refractivity contribution >= 4 is 5.97 Å². The standard InChI is InChI=1S/C26H36O6/c1-5-28-22(27)15-19(18-9-7-6-8-10-18)23-17(3)21-12-11-16(2)20-13-14-25(4)30-24(29-23)26(20,21)32-31-25/h6-10,16-17,19-21,23-24H,5,11-15H2,1-4H3/t16-,17-,19+,20+,21+,23+,24-,25-,26?/m1/s1. The zero-order valence-electron chi connectivity index (χ0n) is 19.6. The molecule has 2 bridgehead atoms. The van der Waals surface area contributed by atoms with Crippen LogP contribution in [-0.2, 0) is 28.8 Å². The van der Waals surface area contributed by atoms with Gasteiger partial charge in [0.25, 0.3) is 0 Å². The molecule has 6 nitrogen and oxygen atoms in total. The molecule has 9 atom stereocenters. The summed E-state index contributed by atoms with van der Waals surface area (Å²) in [6.45, 7) is 8.73. The summed E-state index contributed by atoms with van der Waals surface area (Å²) in [4.78, 5) is 24.8. The van der Waals surface area contributed by atoms with Gasteiger partial charge in [-0.2, -0.15) is 0 Å². The second-order valence-corrected chi connectivity index (χ2v) is 10.4. The lowest BCUT2D eigenvalue weighted by atomic mass is 9.56. The van der Waals surface area contributed by atoms with Gasteiger partial charge in [0.2, 0.25) is 5.79 Å². The van der Waals surface area contributed by atoms with E-state index in [1.807, 2.05) is 32.0 Å². The lowest BCUT2D eigenvalue weighted by Crippen LogP contribution is -2.70. The third kappa shape index (κ3) is 3.51. The SMILES string of the molecule is CCOC(=O)C[C@@H](c1ccccc1)[C@H]1O[C@@H]2O[C@@]3(C)CC[C@H]4[C@H](C)CC[C@@H]([C@H]1C)C24OO3. The van der Waals surface area contributed by atoms with Crippen molar-refractivity contribution in [2.75, 3.05) is 6.61 Å². The largest absolute Gasteiger partial charge is 0.466 e. The Hall–Kier alpha value is -1.47. The number of carbonyl (C=O) groups is 1. The molecule has 0 N–H and O–H groups in total. The van der Waals surface area contributed by atoms with E-state index in [-0.39, 0.29) is 36.2 Å². The zero-order chi connectivity index (χ0) is 22.5. The molecule has 32 heavy (non-hydrogen) atoms. The number of hydrogen-bond donors (Lipinski definition) is 0. The quantitative estimate of drug-likeness (QED) is 0.472. The molecule has 0 amide bonds. The predicted octanol–water partition coefficient (Wildman–Crippen LogP) is 4.97. The van der Waals surface area contributed by atoms with E-state index < -0.39 is 17.7 Å². The first-order valence-corrected chi connectivity index (χ1v) is 12.3. The van der Waals surface area contributed by atoms with Crippen LogP contribution >= 0.6 is 0 Å². The Morgan fingerprint density at radius 3 is 2.66 bits per heavy atom. The fourth-order valence-electron chi connectivity index (χ4n) is 6.92. The molecule has 176 valence electrons. The molecule has 4 saturated heterocycles. The molecule has 1 unspecified atom stereocenters. The molecule has 1 saturated carbocycles. The minimum Gasteiger partial charge on any atom is -0.466 e. The molecule has 6 heteroatoms. The van der Waals surface area contributed by atoms with Crippen LogP contribution in [0.1, 0.15) is 71.3 Å². The summed E-state index contributed by atoms with van der Waals surface area (Å²) in [6, 6.07) is 10.2. The van der Waals surface area contributed by atoms with Gasteiger partial charge in [0.1, 0.15) is 0 Å². The minimum absolute atomic E-state index is 0.112. The van der Waals surface area contributed by atoms with Crippen LogP contribution in [0.3, 0.4) is 0 Å². The highest BCUT2D eigenvalue weighted by Crippen LogP contribution is 2.61. The molecule has 5 aliphatic rings. The van der Waals surface area contributed by atoms with Crippen molar-refractivity contribution in [2.24, 2.45) is 23.7 Å². The van der Waals surface area contributed by atoms with Crippen LogP contribution in [0.25, 0.3) is 0 Å². The van der Waals surface area contributed by atoms with Crippen molar-refractivity contribution in [1.82, 2.24) is 0 Å². The molecule has 0 aromatic heterocycles. The minimum atomic E-state index is -0.800. The monoisotopic (exact) mass is 444 g/mol. The van der Waals surface area contributed by atoms with E-state index in [4.69, 9.17) is 24.0 Å². The predicted molar refractivity (Wildman–Crippen MR) is 117 cm³/mol. The van der Waals surface area contributed by atoms with Gasteiger partial charge in [-0.15, -0.1) is 0 Å². The highest BCUT2D eigenvalue weighted by Gasteiger charge is 2.69. The fraction of sp³-hybridized carbons (Fsp3) is 0.731. The van der Waals surface area contributed by atoms with E-state index in [0.717, 1.165) is 31.2 Å². The maximum atomic E-state index is 12.6. The van der Waals surface area contributed by atoms with Crippen LogP contribution in [0, 0.1) is 23.7 Å². The van der Waals surface area contributed by atoms with Crippen LogP contribution < -0.4 is 0 Å². The summed E-state index contributed by atoms with van der Waals surface area (Å²) < 4.78 is 18.7. The van der Waals surface area contributed by atoms with Crippen molar-refractivity contribution in [2.45, 2.75) is 89.5 Å². The number of rotatable bonds is 5. The number of carbonyl (C=O) groups excluding carboxylic acids is 1. The summed E-state index contributed by atoms with van der Waals surface area (Å²) in [7, 11) is 0. The Balaban J connectivity index is 1.53. The van der Waals surface area contributed by atoms with Crippen LogP contribution in [0.4, 0.5) is 0 Å². The molecule has 4 heterocycles. The van der Waals surface area contributed by atoms with Gasteiger partial charge in [-0.3, -0.25) is 4.79 Å². The van der Waals surface area contributed by atoms with Crippen LogP contribution in [0.15, 0.2) is 30.3 Å². The number of fused-ring (bicyclic) bond motifs is 2. The van der Waals surface area contributed by atoms with E-state index in [1.165, 1.54) is 0 Å². The molecule has 1 spiro atoms. The van der Waals surface area contributed by atoms with E-state index in [2.05, 4.69) is 26.0 Å². The number of hydrogen-bond acceptors (Lipinski definition) is 6. The van der Waals surface area contributed by atoms with Crippen LogP contribution in [-0.4, -0.2) is 36.4 Å². The zero-order valence-corrected chi connectivity index (χ0v) is 19.6. The van der Waals surface area contributed by atoms with Gasteiger partial charge in [-0.25, -0.2) is 9.78 Å². The molecule has 1 aromatic carbocycles. The van der Waals surface area contributed by atoms with Crippen molar-refractivity contribution in [3.8, 4) is 0 Å². The third-order valence-electron chi connectivity index (χ3n) is 8.53. The van der Waals surface area contributed by atoms with Gasteiger partial charge in [0, 0.05) is 18.3 Å². The smallest absolute Gasteiger partial charge is 0.306 e. The Kier molecular flexibility index (Phi) is 5.85. The van der Waals surface area contributed by atoms with Gasteiger partial charge >= 0.3 is 5.97 Å². The Morgan fingerprint density at radius 2 is 1.91 bits per heavy atom. The highest BCUT2D eigenvalue weighted by atomic mass is 17.3. The average Bonchev–Trinajstić information content (AvgIpc) is 3.01. The van der Waals surface area contributed by atoms with Gasteiger partial charge in [0.15, 0.2) is 11.9 Å². The lowest BCUT2D eigenvalue weighted by molar-refractivity contribution is -0.571. The van der Waals surface area contributed by atoms with E-state index in [1.54, 1.807) is 0 Å². The molecule has 0 radical (unpaired) electrons. The maximum absolute atomic E-state index is 12.6. The first-order valence-electron chi connectivity index (χ1n) is 12.3. The topological polar surface area (TPSA) is 63.2 Å². The molecule has 6 rings (SSSR count). The van der Waals surface area contributed by atoms with Crippen molar-refractivity contribution < 1.29 is 28.8 Å². The van der Waals surface area contributed by atoms with Crippen LogP contribution in [0.2, 0.25) is 0 Å². The fourth-order valence-corrected chi connectivity index (χ4v) is 6.92. The summed E-state index contributed by atoms with van der Waals surface area (Å²) in [6.07, 6.45) is 3.61. The average molecular weight is 445 g/mol. The second-order valence-electron chi connectivity index (χ2n) is 10.4. The van der Waals surface area contributed by atoms with Gasteiger partial charge in [-0.05, 0) is 56.4 Å². The Morgan fingerprint density at radius 1 is 1.12 bits per heavy atom. The molecular formula is C26H36O6. The molecular weight excluding hydrogens is 408 g/mol. The highest BCUT2D eigenvalue weighted by molar-refractivity contribution is 5.70. The van der Waals surface area contributed by atoms with Crippen LogP contribution in [0.5, 0.6) is 0 Å². The third-order valence-corrected chi connectivity index (χ3v) is 8.53. The number of esters is 1. The van der Waals surface area contributed by atoms with E-state index in [9.17, 15) is 4.79 Å². The molecule has 1 aromatic rings. The summed E-state index contributed by atoms with van der Waals surface area (Å²) in [5.41, 5.74) is 0.505. The molecule has 1 aliphatic carbocycles. The van der Waals surface area contributed by atoms with Crippen molar-refractivity contribution in [3.63, 3.8) is 0 Å².